The molecule has 0 amide bonds. The number of likely N-dealkylation sites (N-methyl/N-ethyl adjacent to an activating group) is 1. The van der Waals surface area contributed by atoms with E-state index in [2.05, 4.69) is 12.2 Å². The monoisotopic (exact) mass is 420 g/mol. The van der Waals surface area contributed by atoms with Gasteiger partial charge in [0.2, 0.25) is 0 Å². The van der Waals surface area contributed by atoms with Crippen LogP contribution in [0.25, 0.3) is 0 Å². The lowest BCUT2D eigenvalue weighted by molar-refractivity contribution is -0.916. The summed E-state index contributed by atoms with van der Waals surface area (Å²) in [6.07, 6.45) is 3.80. The van der Waals surface area contributed by atoms with Crippen molar-refractivity contribution in [3.05, 3.63) is 89.8 Å². The Kier molecular flexibility index (Phi) is 6.20. The van der Waals surface area contributed by atoms with Gasteiger partial charge in [-0.1, -0.05) is 65.8 Å². The van der Waals surface area contributed by atoms with Gasteiger partial charge in [0, 0.05) is 24.5 Å². The second-order valence-corrected chi connectivity index (χ2v) is 8.57. The van der Waals surface area contributed by atoms with Crippen molar-refractivity contribution in [3.63, 3.8) is 0 Å². The van der Waals surface area contributed by atoms with E-state index >= 15 is 0 Å². The molecule has 6 heteroatoms. The summed E-state index contributed by atoms with van der Waals surface area (Å²) in [5.74, 6) is -0.736. The van der Waals surface area contributed by atoms with Crippen LogP contribution in [0.5, 0.6) is 0 Å². The molecule has 1 saturated heterocycles. The van der Waals surface area contributed by atoms with E-state index in [0.29, 0.717) is 17.7 Å². The Bertz CT molecular complexity index is 936. The van der Waals surface area contributed by atoms with Crippen LogP contribution in [0.15, 0.2) is 77.5 Å². The topological polar surface area (TPSA) is 75.4 Å². The fourth-order valence-corrected chi connectivity index (χ4v) is 4.41. The summed E-state index contributed by atoms with van der Waals surface area (Å²) in [6.45, 7) is 2.56. The molecular formula is C25H28N2O4. The van der Waals surface area contributed by atoms with E-state index in [4.69, 9.17) is 9.26 Å². The fourth-order valence-electron chi connectivity index (χ4n) is 4.41. The van der Waals surface area contributed by atoms with E-state index in [1.807, 2.05) is 18.2 Å². The van der Waals surface area contributed by atoms with Crippen molar-refractivity contribution in [1.82, 2.24) is 5.16 Å². The number of hydrogen-bond acceptors (Lipinski definition) is 5. The first-order chi connectivity index (χ1) is 15.0. The number of carbonyl (C=O) groups excluding carboxylic acids is 1. The van der Waals surface area contributed by atoms with Crippen LogP contribution in [0.4, 0.5) is 0 Å². The maximum atomic E-state index is 14.0. The van der Waals surface area contributed by atoms with Gasteiger partial charge in [0.15, 0.2) is 6.10 Å². The Labute approximate surface area is 182 Å². The number of quaternary nitrogens is 1. The average molecular weight is 421 g/mol. The van der Waals surface area contributed by atoms with Gasteiger partial charge in [-0.3, -0.25) is 4.79 Å². The standard InChI is InChI=1S/C25H28N2O4/c1-27(17-14-22-15-18-30-26-22)16-8-13-23(19-27)31-24(28)25(29,20-9-4-2-5-10-20)21-11-6-3-7-12-21/h2-7,9-12,15,18,23H,8,13-14,16-17,19H2,1H3/t23?,27-/m1/s1. The van der Waals surface area contributed by atoms with Gasteiger partial charge in [-0.25, -0.2) is 0 Å². The number of likely N-dealkylation sites (tertiary alicyclic amines) is 1. The van der Waals surface area contributed by atoms with Gasteiger partial charge >= 0.3 is 5.97 Å². The lowest BCUT2D eigenvalue weighted by Crippen LogP contribution is -2.57. The van der Waals surface area contributed by atoms with Gasteiger partial charge in [-0.15, -0.1) is 0 Å². The third kappa shape index (κ3) is 4.70. The first-order valence-electron chi connectivity index (χ1n) is 10.7. The summed E-state index contributed by atoms with van der Waals surface area (Å²) in [7, 11) is 2.17. The van der Waals surface area contributed by atoms with Crippen LogP contribution in [0.2, 0.25) is 0 Å². The molecule has 6 nitrogen and oxygen atoms in total. The largest absolute Gasteiger partial charge is 0.834 e. The van der Waals surface area contributed by atoms with E-state index in [9.17, 15) is 9.90 Å². The molecule has 31 heavy (non-hydrogen) atoms. The molecule has 0 saturated carbocycles. The number of carbonyl (C=O) groups is 1. The molecule has 1 aromatic heterocycles. The zero-order valence-electron chi connectivity index (χ0n) is 17.8. The van der Waals surface area contributed by atoms with Crippen LogP contribution in [0, 0.1) is 0 Å². The Morgan fingerprint density at radius 2 is 1.77 bits per heavy atom. The summed E-state index contributed by atoms with van der Waals surface area (Å²) in [5.41, 5.74) is -0.384. The van der Waals surface area contributed by atoms with Gasteiger partial charge in [0.25, 0.3) is 0 Å². The number of nitrogens with zero attached hydrogens (tertiary/aromatic N) is 2. The zero-order chi connectivity index (χ0) is 21.7. The predicted molar refractivity (Wildman–Crippen MR) is 114 cm³/mol. The van der Waals surface area contributed by atoms with E-state index in [-0.39, 0.29) is 6.10 Å². The molecule has 0 aliphatic carbocycles. The van der Waals surface area contributed by atoms with Crippen molar-refractivity contribution in [2.75, 3.05) is 26.7 Å². The molecule has 1 aliphatic heterocycles. The lowest BCUT2D eigenvalue weighted by atomic mass is 9.86. The minimum Gasteiger partial charge on any atom is -0.834 e. The molecule has 0 spiro atoms. The average Bonchev–Trinajstić information content (AvgIpc) is 3.32. The fraction of sp³-hybridized carbons (Fsp3) is 0.360. The molecule has 0 bridgehead atoms. The minimum atomic E-state index is -2.09. The number of aromatic nitrogens is 1. The number of piperidine rings is 1. The van der Waals surface area contributed by atoms with Crippen molar-refractivity contribution >= 4 is 5.97 Å². The van der Waals surface area contributed by atoms with Crippen LogP contribution >= 0.6 is 0 Å². The summed E-state index contributed by atoms with van der Waals surface area (Å²) in [4.78, 5) is 13.3. The Balaban J connectivity index is 1.50. The van der Waals surface area contributed by atoms with Crippen LogP contribution < -0.4 is 5.11 Å². The molecule has 2 heterocycles. The van der Waals surface area contributed by atoms with Crippen molar-refractivity contribution in [1.29, 1.82) is 0 Å². The first kappa shape index (κ1) is 21.3. The van der Waals surface area contributed by atoms with Gasteiger partial charge < -0.3 is 18.8 Å². The van der Waals surface area contributed by atoms with Gasteiger partial charge in [-0.05, 0) is 17.5 Å². The quantitative estimate of drug-likeness (QED) is 0.434. The van der Waals surface area contributed by atoms with E-state index < -0.39 is 11.6 Å². The molecule has 2 aromatic carbocycles. The predicted octanol–water partition coefficient (Wildman–Crippen LogP) is 2.67. The Hall–Kier alpha value is -2.96. The molecule has 0 radical (unpaired) electrons. The SMILES string of the molecule is C[N@+]1(CCc2ccon2)CCCC(OC(=O)C([O-])(c2ccccc2)c2ccccc2)C1. The maximum absolute atomic E-state index is 14.0. The van der Waals surface area contributed by atoms with Gasteiger partial charge in [0.1, 0.15) is 12.8 Å². The van der Waals surface area contributed by atoms with E-state index in [1.165, 1.54) is 0 Å². The molecule has 1 fully saturated rings. The molecule has 3 aromatic rings. The normalized spacial score (nSPS) is 21.5. The number of benzene rings is 2. The summed E-state index contributed by atoms with van der Waals surface area (Å²) in [6, 6.07) is 19.4. The van der Waals surface area contributed by atoms with Gasteiger partial charge in [0.05, 0.1) is 25.8 Å². The van der Waals surface area contributed by atoms with Crippen molar-refractivity contribution in [2.24, 2.45) is 0 Å². The highest BCUT2D eigenvalue weighted by Crippen LogP contribution is 2.30. The lowest BCUT2D eigenvalue weighted by Gasteiger charge is -2.44. The first-order valence-corrected chi connectivity index (χ1v) is 10.7. The molecule has 162 valence electrons. The van der Waals surface area contributed by atoms with Crippen molar-refractivity contribution in [2.45, 2.75) is 31.0 Å². The second-order valence-electron chi connectivity index (χ2n) is 8.57. The molecule has 1 aliphatic rings. The molecule has 0 N–H and O–H groups in total. The smallest absolute Gasteiger partial charge is 0.304 e. The van der Waals surface area contributed by atoms with Crippen LogP contribution in [-0.4, -0.2) is 48.4 Å². The third-order valence-electron chi connectivity index (χ3n) is 6.19. The van der Waals surface area contributed by atoms with E-state index in [1.54, 1.807) is 54.8 Å². The van der Waals surface area contributed by atoms with Gasteiger partial charge in [-0.2, -0.15) is 0 Å². The highest BCUT2D eigenvalue weighted by Gasteiger charge is 2.38. The minimum absolute atomic E-state index is 0.288. The second kappa shape index (κ2) is 9.04. The highest BCUT2D eigenvalue weighted by atomic mass is 16.6. The molecule has 1 unspecified atom stereocenters. The van der Waals surface area contributed by atoms with Crippen LogP contribution in [0.1, 0.15) is 29.7 Å². The van der Waals surface area contributed by atoms with Crippen molar-refractivity contribution in [3.8, 4) is 0 Å². The maximum Gasteiger partial charge on any atom is 0.304 e. The number of hydrogen-bond donors (Lipinski definition) is 0. The van der Waals surface area contributed by atoms with Crippen LogP contribution in [-0.2, 0) is 21.6 Å². The number of esters is 1. The Morgan fingerprint density at radius 3 is 2.35 bits per heavy atom. The number of rotatable bonds is 7. The summed E-state index contributed by atoms with van der Waals surface area (Å²) < 4.78 is 11.6. The zero-order valence-corrected chi connectivity index (χ0v) is 17.8. The summed E-state index contributed by atoms with van der Waals surface area (Å²) >= 11 is 0. The van der Waals surface area contributed by atoms with Crippen molar-refractivity contribution < 1.29 is 23.6 Å². The molecular weight excluding hydrogens is 392 g/mol. The highest BCUT2D eigenvalue weighted by molar-refractivity contribution is 5.85. The molecule has 4 rings (SSSR count). The Morgan fingerprint density at radius 1 is 1.13 bits per heavy atom. The summed E-state index contributed by atoms with van der Waals surface area (Å²) in [5, 5.41) is 18.0. The number of ether oxygens (including phenoxy) is 1. The third-order valence-corrected chi connectivity index (χ3v) is 6.19. The molecule has 2 atom stereocenters. The van der Waals surface area contributed by atoms with Crippen LogP contribution in [0.3, 0.4) is 0 Å². The van der Waals surface area contributed by atoms with E-state index in [0.717, 1.165) is 42.5 Å².